The molecule has 1 aliphatic rings. The van der Waals surface area contributed by atoms with Gasteiger partial charge in [-0.05, 0) is 62.6 Å². The van der Waals surface area contributed by atoms with Crippen molar-refractivity contribution in [3.8, 4) is 0 Å². The van der Waals surface area contributed by atoms with Crippen LogP contribution < -0.4 is 0 Å². The lowest BCUT2D eigenvalue weighted by atomic mass is 9.90. The molecule has 1 nitrogen and oxygen atoms in total. The average molecular weight is 244 g/mol. The third-order valence-electron chi connectivity index (χ3n) is 4.34. The number of carbonyl (C=O) groups is 1. The molecule has 1 fully saturated rings. The largest absolute Gasteiger partial charge is 0.299 e. The van der Waals surface area contributed by atoms with Crippen LogP contribution in [0.3, 0.4) is 0 Å². The molecule has 0 amide bonds. The van der Waals surface area contributed by atoms with E-state index in [0.29, 0.717) is 18.1 Å². The Morgan fingerprint density at radius 1 is 1.17 bits per heavy atom. The van der Waals surface area contributed by atoms with Gasteiger partial charge in [0.15, 0.2) is 0 Å². The molecule has 0 saturated heterocycles. The maximum absolute atomic E-state index is 12.3. The zero-order chi connectivity index (χ0) is 13.3. The first-order valence-corrected chi connectivity index (χ1v) is 7.06. The van der Waals surface area contributed by atoms with E-state index < -0.39 is 0 Å². The first-order valence-electron chi connectivity index (χ1n) is 7.06. The monoisotopic (exact) mass is 244 g/mol. The maximum Gasteiger partial charge on any atom is 0.140 e. The van der Waals surface area contributed by atoms with Crippen molar-refractivity contribution in [1.82, 2.24) is 0 Å². The number of rotatable bonds is 3. The van der Waals surface area contributed by atoms with Crippen LogP contribution in [0.2, 0.25) is 0 Å². The van der Waals surface area contributed by atoms with Gasteiger partial charge in [-0.15, -0.1) is 0 Å². The van der Waals surface area contributed by atoms with Crippen molar-refractivity contribution in [3.63, 3.8) is 0 Å². The van der Waals surface area contributed by atoms with Gasteiger partial charge in [0, 0.05) is 12.3 Å². The molecule has 0 radical (unpaired) electrons. The lowest BCUT2D eigenvalue weighted by Crippen LogP contribution is -2.15. The van der Waals surface area contributed by atoms with Gasteiger partial charge in [-0.1, -0.05) is 24.6 Å². The molecule has 0 N–H and O–H groups in total. The van der Waals surface area contributed by atoms with Crippen molar-refractivity contribution in [3.05, 3.63) is 34.4 Å². The number of hydrogen-bond acceptors (Lipinski definition) is 1. The average Bonchev–Trinajstić information content (AvgIpc) is 2.70. The van der Waals surface area contributed by atoms with Crippen LogP contribution >= 0.6 is 0 Å². The van der Waals surface area contributed by atoms with Crippen LogP contribution in [0.25, 0.3) is 0 Å². The molecule has 1 aromatic carbocycles. The summed E-state index contributed by atoms with van der Waals surface area (Å²) >= 11 is 0. The van der Waals surface area contributed by atoms with E-state index in [9.17, 15) is 4.79 Å². The highest BCUT2D eigenvalue weighted by Gasteiger charge is 2.27. The van der Waals surface area contributed by atoms with Gasteiger partial charge < -0.3 is 0 Å². The van der Waals surface area contributed by atoms with Gasteiger partial charge in [-0.2, -0.15) is 0 Å². The van der Waals surface area contributed by atoms with E-state index in [1.807, 2.05) is 0 Å². The van der Waals surface area contributed by atoms with Gasteiger partial charge in [0.05, 0.1) is 0 Å². The molecule has 2 rings (SSSR count). The van der Waals surface area contributed by atoms with Crippen molar-refractivity contribution < 1.29 is 4.79 Å². The van der Waals surface area contributed by atoms with Crippen molar-refractivity contribution in [2.24, 2.45) is 11.8 Å². The van der Waals surface area contributed by atoms with Gasteiger partial charge in [-0.25, -0.2) is 0 Å². The molecule has 1 aliphatic carbocycles. The van der Waals surface area contributed by atoms with E-state index in [1.165, 1.54) is 28.7 Å². The first kappa shape index (κ1) is 13.3. The van der Waals surface area contributed by atoms with Crippen LogP contribution in [0, 0.1) is 32.6 Å². The molecule has 0 bridgehead atoms. The summed E-state index contributed by atoms with van der Waals surface area (Å²) in [6.45, 7) is 8.62. The molecule has 18 heavy (non-hydrogen) atoms. The van der Waals surface area contributed by atoms with E-state index in [1.54, 1.807) is 0 Å². The molecule has 0 heterocycles. The number of benzene rings is 1. The van der Waals surface area contributed by atoms with Crippen LogP contribution in [-0.4, -0.2) is 5.78 Å². The highest BCUT2D eigenvalue weighted by Crippen LogP contribution is 2.32. The van der Waals surface area contributed by atoms with Gasteiger partial charge in [-0.3, -0.25) is 4.79 Å². The van der Waals surface area contributed by atoms with Gasteiger partial charge in [0.2, 0.25) is 0 Å². The highest BCUT2D eigenvalue weighted by molar-refractivity contribution is 5.84. The topological polar surface area (TPSA) is 17.1 Å². The predicted octanol–water partition coefficient (Wildman–Crippen LogP) is 4.16. The summed E-state index contributed by atoms with van der Waals surface area (Å²) in [5, 5.41) is 0. The minimum Gasteiger partial charge on any atom is -0.299 e. The summed E-state index contributed by atoms with van der Waals surface area (Å²) < 4.78 is 0. The lowest BCUT2D eigenvalue weighted by molar-refractivity contribution is -0.122. The second kappa shape index (κ2) is 5.26. The predicted molar refractivity (Wildman–Crippen MR) is 75.9 cm³/mol. The lowest BCUT2D eigenvalue weighted by Gasteiger charge is -2.13. The summed E-state index contributed by atoms with van der Waals surface area (Å²) in [7, 11) is 0. The number of Topliss-reactive ketones (excluding diaryl/α,β-unsaturated/α-hetero) is 1. The van der Waals surface area contributed by atoms with E-state index in [-0.39, 0.29) is 0 Å². The molecular formula is C17H24O. The van der Waals surface area contributed by atoms with Crippen LogP contribution in [0.1, 0.15) is 48.4 Å². The van der Waals surface area contributed by atoms with Gasteiger partial charge in [0.1, 0.15) is 5.78 Å². The van der Waals surface area contributed by atoms with E-state index >= 15 is 0 Å². The van der Waals surface area contributed by atoms with Crippen molar-refractivity contribution in [2.75, 3.05) is 0 Å². The van der Waals surface area contributed by atoms with Crippen LogP contribution in [0.5, 0.6) is 0 Å². The molecule has 0 aromatic heterocycles. The van der Waals surface area contributed by atoms with E-state index in [4.69, 9.17) is 0 Å². The van der Waals surface area contributed by atoms with E-state index in [0.717, 1.165) is 18.8 Å². The first-order chi connectivity index (χ1) is 8.47. The standard InChI is InChI=1S/C17H24O/c1-11-5-6-15(9-11)17(18)10-16-13(3)7-12(2)8-14(16)4/h7-8,11,15H,5-6,9-10H2,1-4H3. The third-order valence-corrected chi connectivity index (χ3v) is 4.34. The van der Waals surface area contributed by atoms with Crippen molar-refractivity contribution in [1.29, 1.82) is 0 Å². The molecule has 1 aromatic rings. The van der Waals surface area contributed by atoms with Crippen LogP contribution in [0.15, 0.2) is 12.1 Å². The molecule has 0 spiro atoms. The minimum atomic E-state index is 0.320. The Bertz CT molecular complexity index is 436. The number of hydrogen-bond donors (Lipinski definition) is 0. The number of ketones is 1. The molecule has 2 atom stereocenters. The number of aryl methyl sites for hydroxylation is 3. The fraction of sp³-hybridized carbons (Fsp3) is 0.588. The Labute approximate surface area is 111 Å². The van der Waals surface area contributed by atoms with Crippen molar-refractivity contribution >= 4 is 5.78 Å². The van der Waals surface area contributed by atoms with Crippen LogP contribution in [0.4, 0.5) is 0 Å². The Morgan fingerprint density at radius 3 is 2.28 bits per heavy atom. The summed E-state index contributed by atoms with van der Waals surface area (Å²) in [4.78, 5) is 12.3. The van der Waals surface area contributed by atoms with Gasteiger partial charge >= 0.3 is 0 Å². The number of carbonyl (C=O) groups excluding carboxylic acids is 1. The second-order valence-corrected chi connectivity index (χ2v) is 6.14. The fourth-order valence-corrected chi connectivity index (χ4v) is 3.31. The molecule has 98 valence electrons. The quantitative estimate of drug-likeness (QED) is 0.780. The smallest absolute Gasteiger partial charge is 0.140 e. The third kappa shape index (κ3) is 2.82. The van der Waals surface area contributed by atoms with Crippen molar-refractivity contribution in [2.45, 2.75) is 53.4 Å². The Balaban J connectivity index is 2.12. The van der Waals surface area contributed by atoms with Gasteiger partial charge in [0.25, 0.3) is 0 Å². The van der Waals surface area contributed by atoms with Crippen LogP contribution in [-0.2, 0) is 11.2 Å². The summed E-state index contributed by atoms with van der Waals surface area (Å²) in [5.74, 6) is 1.51. The Kier molecular flexibility index (Phi) is 3.89. The molecule has 1 heteroatoms. The maximum atomic E-state index is 12.3. The highest BCUT2D eigenvalue weighted by atomic mass is 16.1. The second-order valence-electron chi connectivity index (χ2n) is 6.14. The molecule has 1 saturated carbocycles. The SMILES string of the molecule is Cc1cc(C)c(CC(=O)C2CCC(C)C2)c(C)c1. The molecule has 2 unspecified atom stereocenters. The summed E-state index contributed by atoms with van der Waals surface area (Å²) in [6.07, 6.45) is 4.06. The Hall–Kier alpha value is -1.11. The Morgan fingerprint density at radius 2 is 1.78 bits per heavy atom. The molecule has 0 aliphatic heterocycles. The summed E-state index contributed by atoms with van der Waals surface area (Å²) in [5.41, 5.74) is 5.08. The van der Waals surface area contributed by atoms with E-state index in [2.05, 4.69) is 39.8 Å². The zero-order valence-electron chi connectivity index (χ0n) is 12.0. The zero-order valence-corrected chi connectivity index (χ0v) is 12.0. The fourth-order valence-electron chi connectivity index (χ4n) is 3.31. The minimum absolute atomic E-state index is 0.320. The summed E-state index contributed by atoms with van der Waals surface area (Å²) in [6, 6.07) is 4.37. The normalized spacial score (nSPS) is 23.3. The molecular weight excluding hydrogens is 220 g/mol.